The van der Waals surface area contributed by atoms with Gasteiger partial charge in [-0.1, -0.05) is 35.9 Å². The lowest BCUT2D eigenvalue weighted by molar-refractivity contribution is -0.109. The first-order valence-electron chi connectivity index (χ1n) is 10.2. The highest BCUT2D eigenvalue weighted by atomic mass is 16.5. The van der Waals surface area contributed by atoms with Crippen molar-refractivity contribution in [3.05, 3.63) is 90.1 Å². The van der Waals surface area contributed by atoms with E-state index in [0.717, 1.165) is 29.0 Å². The number of anilines is 2. The van der Waals surface area contributed by atoms with Crippen molar-refractivity contribution >= 4 is 29.2 Å². The Hall–Kier alpha value is -4.26. The number of benzene rings is 3. The third-order valence-electron chi connectivity index (χ3n) is 4.76. The van der Waals surface area contributed by atoms with Gasteiger partial charge in [0.05, 0.1) is 17.1 Å². The van der Waals surface area contributed by atoms with Gasteiger partial charge in [0.1, 0.15) is 12.4 Å². The van der Waals surface area contributed by atoms with Crippen LogP contribution in [0.15, 0.2) is 89.1 Å². The van der Waals surface area contributed by atoms with Crippen molar-refractivity contribution in [3.63, 3.8) is 0 Å². The number of hydrogen-bond acceptors (Lipinski definition) is 6. The number of nitrogens with one attached hydrogen (secondary N) is 1. The van der Waals surface area contributed by atoms with Gasteiger partial charge < -0.3 is 10.1 Å². The minimum absolute atomic E-state index is 0.0241. The molecule has 0 aliphatic carbocycles. The molecule has 0 saturated heterocycles. The number of carbonyl (C=O) groups is 1. The largest absolute Gasteiger partial charge is 0.486 e. The van der Waals surface area contributed by atoms with Crippen LogP contribution in [0.3, 0.4) is 0 Å². The molecule has 0 bridgehead atoms. The summed E-state index contributed by atoms with van der Waals surface area (Å²) in [4.78, 5) is 10.5. The molecule has 3 aromatic carbocycles. The van der Waals surface area contributed by atoms with Crippen LogP contribution in [0.4, 0.5) is 22.9 Å². The molecule has 0 amide bonds. The molecule has 7 nitrogen and oxygen atoms in total. The number of aromatic nitrogens is 2. The van der Waals surface area contributed by atoms with Gasteiger partial charge in [0.25, 0.3) is 0 Å². The second-order valence-corrected chi connectivity index (χ2v) is 7.19. The van der Waals surface area contributed by atoms with Crippen LogP contribution in [0.2, 0.25) is 0 Å². The predicted molar refractivity (Wildman–Crippen MR) is 125 cm³/mol. The maximum Gasteiger partial charge on any atom is 0.162 e. The van der Waals surface area contributed by atoms with Gasteiger partial charge in [-0.2, -0.15) is 10.2 Å². The Morgan fingerprint density at radius 2 is 1.66 bits per heavy atom. The van der Waals surface area contributed by atoms with Crippen LogP contribution in [0.5, 0.6) is 5.75 Å². The minimum Gasteiger partial charge on any atom is -0.486 e. The molecular weight excluding hydrogens is 402 g/mol. The van der Waals surface area contributed by atoms with Crippen molar-refractivity contribution in [3.8, 4) is 11.4 Å². The number of rotatable bonds is 8. The zero-order valence-corrected chi connectivity index (χ0v) is 17.9. The Bertz CT molecular complexity index is 1210. The summed E-state index contributed by atoms with van der Waals surface area (Å²) in [5.74, 6) is 1.32. The average Bonchev–Trinajstić information content (AvgIpc) is 3.13. The molecule has 0 spiro atoms. The topological polar surface area (TPSA) is 80.9 Å². The maximum absolute atomic E-state index is 10.5. The molecule has 1 aromatic heterocycles. The van der Waals surface area contributed by atoms with Gasteiger partial charge >= 0.3 is 0 Å². The third-order valence-corrected chi connectivity index (χ3v) is 4.76. The van der Waals surface area contributed by atoms with Crippen molar-refractivity contribution in [2.45, 2.75) is 13.8 Å². The van der Waals surface area contributed by atoms with Gasteiger partial charge in [0.15, 0.2) is 17.8 Å². The summed E-state index contributed by atoms with van der Waals surface area (Å²) in [5, 5.41) is 17.0. The SMILES string of the molecule is Cc1ccc(N=Nc2c(C)nn(-c3ccccc3)c2Nc2ccc(OCC=O)cc2)cc1. The van der Waals surface area contributed by atoms with E-state index in [-0.39, 0.29) is 6.61 Å². The van der Waals surface area contributed by atoms with Crippen LogP contribution in [0, 0.1) is 13.8 Å². The molecule has 1 N–H and O–H groups in total. The number of nitrogens with zero attached hydrogens (tertiary/aromatic N) is 4. The first-order chi connectivity index (χ1) is 15.6. The lowest BCUT2D eigenvalue weighted by atomic mass is 10.2. The van der Waals surface area contributed by atoms with E-state index < -0.39 is 0 Å². The van der Waals surface area contributed by atoms with E-state index in [4.69, 9.17) is 9.84 Å². The first kappa shape index (κ1) is 21.0. The molecule has 0 unspecified atom stereocenters. The Labute approximate surface area is 186 Å². The number of aldehydes is 1. The zero-order valence-electron chi connectivity index (χ0n) is 17.9. The highest BCUT2D eigenvalue weighted by Crippen LogP contribution is 2.35. The highest BCUT2D eigenvalue weighted by molar-refractivity contribution is 5.73. The Morgan fingerprint density at radius 1 is 0.938 bits per heavy atom. The van der Waals surface area contributed by atoms with E-state index >= 15 is 0 Å². The van der Waals surface area contributed by atoms with Crippen molar-refractivity contribution in [1.82, 2.24) is 9.78 Å². The maximum atomic E-state index is 10.5. The van der Waals surface area contributed by atoms with E-state index in [9.17, 15) is 4.79 Å². The van der Waals surface area contributed by atoms with E-state index in [1.54, 1.807) is 12.1 Å². The second-order valence-electron chi connectivity index (χ2n) is 7.19. The predicted octanol–water partition coefficient (Wildman–Crippen LogP) is 6.23. The molecular formula is C25H23N5O2. The van der Waals surface area contributed by atoms with Crippen LogP contribution in [0.1, 0.15) is 11.3 Å². The molecule has 0 saturated carbocycles. The van der Waals surface area contributed by atoms with E-state index in [1.165, 1.54) is 5.56 Å². The van der Waals surface area contributed by atoms with E-state index in [0.29, 0.717) is 17.3 Å². The van der Waals surface area contributed by atoms with Crippen LogP contribution in [-0.2, 0) is 4.79 Å². The number of aryl methyl sites for hydroxylation is 2. The average molecular weight is 425 g/mol. The third kappa shape index (κ3) is 4.89. The molecule has 4 aromatic rings. The minimum atomic E-state index is 0.0241. The van der Waals surface area contributed by atoms with Gasteiger partial charge in [0.2, 0.25) is 0 Å². The van der Waals surface area contributed by atoms with E-state index in [2.05, 4.69) is 15.5 Å². The second kappa shape index (κ2) is 9.70. The summed E-state index contributed by atoms with van der Waals surface area (Å²) in [6.07, 6.45) is 0.721. The summed E-state index contributed by atoms with van der Waals surface area (Å²) < 4.78 is 7.15. The van der Waals surface area contributed by atoms with Gasteiger partial charge in [-0.05, 0) is 62.4 Å². The Morgan fingerprint density at radius 3 is 2.34 bits per heavy atom. The van der Waals surface area contributed by atoms with Gasteiger partial charge in [0, 0.05) is 5.69 Å². The molecule has 0 aliphatic heterocycles. The Kier molecular flexibility index (Phi) is 6.36. The smallest absolute Gasteiger partial charge is 0.162 e. The fourth-order valence-electron chi connectivity index (χ4n) is 3.13. The molecule has 7 heteroatoms. The van der Waals surface area contributed by atoms with Crippen LogP contribution >= 0.6 is 0 Å². The number of azo groups is 1. The quantitative estimate of drug-likeness (QED) is 0.268. The van der Waals surface area contributed by atoms with Gasteiger partial charge in [-0.25, -0.2) is 4.68 Å². The fourth-order valence-corrected chi connectivity index (χ4v) is 3.13. The monoisotopic (exact) mass is 425 g/mol. The normalized spacial score (nSPS) is 10.9. The van der Waals surface area contributed by atoms with Crippen molar-refractivity contribution in [2.75, 3.05) is 11.9 Å². The van der Waals surface area contributed by atoms with Gasteiger partial charge in [-0.15, -0.1) is 5.11 Å². The summed E-state index contributed by atoms with van der Waals surface area (Å²) >= 11 is 0. The highest BCUT2D eigenvalue weighted by Gasteiger charge is 2.17. The van der Waals surface area contributed by atoms with Crippen molar-refractivity contribution in [1.29, 1.82) is 0 Å². The van der Waals surface area contributed by atoms with E-state index in [1.807, 2.05) is 85.3 Å². The number of para-hydroxylation sites is 1. The summed E-state index contributed by atoms with van der Waals surface area (Å²) in [5.41, 5.74) is 5.06. The van der Waals surface area contributed by atoms with Crippen molar-refractivity contribution in [2.24, 2.45) is 10.2 Å². The molecule has 160 valence electrons. The number of carbonyl (C=O) groups excluding carboxylic acids is 1. The first-order valence-corrected chi connectivity index (χ1v) is 10.2. The summed E-state index contributed by atoms with van der Waals surface area (Å²) in [6.45, 7) is 3.97. The molecule has 0 atom stereocenters. The van der Waals surface area contributed by atoms with Crippen molar-refractivity contribution < 1.29 is 9.53 Å². The number of ether oxygens (including phenoxy) is 1. The summed E-state index contributed by atoms with van der Waals surface area (Å²) in [7, 11) is 0. The molecule has 0 aliphatic rings. The van der Waals surface area contributed by atoms with Crippen LogP contribution < -0.4 is 10.1 Å². The van der Waals surface area contributed by atoms with Gasteiger partial charge in [-0.3, -0.25) is 4.79 Å². The molecule has 0 fully saturated rings. The van der Waals surface area contributed by atoms with Crippen LogP contribution in [0.25, 0.3) is 5.69 Å². The molecule has 0 radical (unpaired) electrons. The fraction of sp³-hybridized carbons (Fsp3) is 0.120. The summed E-state index contributed by atoms with van der Waals surface area (Å²) in [6, 6.07) is 25.1. The Balaban J connectivity index is 1.70. The molecule has 4 rings (SSSR count). The molecule has 1 heterocycles. The molecule has 32 heavy (non-hydrogen) atoms. The lowest BCUT2D eigenvalue weighted by Gasteiger charge is -2.11. The lowest BCUT2D eigenvalue weighted by Crippen LogP contribution is -2.03. The van der Waals surface area contributed by atoms with Crippen LogP contribution in [-0.4, -0.2) is 22.7 Å². The standard InChI is InChI=1S/C25H23N5O2/c1-18-8-10-21(11-9-18)27-28-24-19(2)29-30(22-6-4-3-5-7-22)25(24)26-20-12-14-23(15-13-20)32-17-16-31/h3-16,26H,17H2,1-2H3. The number of hydrogen-bond donors (Lipinski definition) is 1. The zero-order chi connectivity index (χ0) is 22.3.